The Morgan fingerprint density at radius 1 is 1.22 bits per heavy atom. The SMILES string of the molecule is Nc1cccc(Cl)c1S(=O)(=O)Cc1cccnc1. The maximum Gasteiger partial charge on any atom is 0.186 e. The largest absolute Gasteiger partial charge is 0.398 e. The summed E-state index contributed by atoms with van der Waals surface area (Å²) in [5.74, 6) is -0.172. The minimum absolute atomic E-state index is 0.0180. The van der Waals surface area contributed by atoms with Gasteiger partial charge >= 0.3 is 0 Å². The molecule has 0 bridgehead atoms. The Kier molecular flexibility index (Phi) is 3.54. The van der Waals surface area contributed by atoms with Gasteiger partial charge in [0, 0.05) is 12.4 Å². The third-order valence-electron chi connectivity index (χ3n) is 2.39. The molecule has 2 N–H and O–H groups in total. The molecule has 0 amide bonds. The molecule has 0 unspecified atom stereocenters. The maximum atomic E-state index is 12.3. The van der Waals surface area contributed by atoms with E-state index < -0.39 is 9.84 Å². The van der Waals surface area contributed by atoms with Gasteiger partial charge in [-0.1, -0.05) is 23.7 Å². The number of nitrogens with two attached hydrogens (primary N) is 1. The first kappa shape index (κ1) is 12.9. The van der Waals surface area contributed by atoms with Gasteiger partial charge in [-0.15, -0.1) is 0 Å². The Labute approximate surface area is 110 Å². The van der Waals surface area contributed by atoms with Crippen molar-refractivity contribution < 1.29 is 8.42 Å². The second kappa shape index (κ2) is 4.96. The van der Waals surface area contributed by atoms with Gasteiger partial charge in [-0.25, -0.2) is 8.42 Å². The van der Waals surface area contributed by atoms with E-state index in [1.807, 2.05) is 0 Å². The topological polar surface area (TPSA) is 73.1 Å². The van der Waals surface area contributed by atoms with Crippen LogP contribution in [0.2, 0.25) is 5.02 Å². The molecule has 0 spiro atoms. The van der Waals surface area contributed by atoms with Crippen LogP contribution in [0.1, 0.15) is 5.56 Å². The zero-order valence-corrected chi connectivity index (χ0v) is 10.9. The molecule has 6 heteroatoms. The lowest BCUT2D eigenvalue weighted by atomic mass is 10.3. The lowest BCUT2D eigenvalue weighted by molar-refractivity contribution is 0.595. The predicted octanol–water partition coefficient (Wildman–Crippen LogP) is 2.29. The molecule has 2 aromatic rings. The minimum Gasteiger partial charge on any atom is -0.398 e. The second-order valence-electron chi connectivity index (χ2n) is 3.78. The van der Waals surface area contributed by atoms with E-state index in [0.29, 0.717) is 5.56 Å². The van der Waals surface area contributed by atoms with Crippen molar-refractivity contribution in [3.8, 4) is 0 Å². The van der Waals surface area contributed by atoms with E-state index in [-0.39, 0.29) is 21.4 Å². The number of aromatic nitrogens is 1. The molecule has 0 aliphatic rings. The van der Waals surface area contributed by atoms with E-state index in [2.05, 4.69) is 4.98 Å². The molecule has 18 heavy (non-hydrogen) atoms. The number of rotatable bonds is 3. The first-order valence-electron chi connectivity index (χ1n) is 5.16. The number of anilines is 1. The zero-order valence-electron chi connectivity index (χ0n) is 9.38. The van der Waals surface area contributed by atoms with Crippen LogP contribution in [0.15, 0.2) is 47.6 Å². The van der Waals surface area contributed by atoms with Crippen molar-refractivity contribution in [3.63, 3.8) is 0 Å². The molecule has 0 aliphatic carbocycles. The Morgan fingerprint density at radius 3 is 2.61 bits per heavy atom. The van der Waals surface area contributed by atoms with Crippen LogP contribution in [0.3, 0.4) is 0 Å². The third kappa shape index (κ3) is 2.63. The van der Waals surface area contributed by atoms with Crippen molar-refractivity contribution in [3.05, 3.63) is 53.3 Å². The lowest BCUT2D eigenvalue weighted by Crippen LogP contribution is -2.08. The number of halogens is 1. The molecule has 0 atom stereocenters. The van der Waals surface area contributed by atoms with E-state index in [4.69, 9.17) is 17.3 Å². The summed E-state index contributed by atoms with van der Waals surface area (Å²) in [5.41, 5.74) is 6.43. The molecule has 1 aromatic carbocycles. The Hall–Kier alpha value is -1.59. The normalized spacial score (nSPS) is 11.4. The van der Waals surface area contributed by atoms with Crippen LogP contribution in [0.5, 0.6) is 0 Å². The van der Waals surface area contributed by atoms with Crippen LogP contribution in [-0.4, -0.2) is 13.4 Å². The van der Waals surface area contributed by atoms with Gasteiger partial charge in [0.1, 0.15) is 4.90 Å². The van der Waals surface area contributed by atoms with E-state index in [9.17, 15) is 8.42 Å². The quantitative estimate of drug-likeness (QED) is 0.877. The monoisotopic (exact) mass is 282 g/mol. The molecular weight excluding hydrogens is 272 g/mol. The molecule has 94 valence electrons. The summed E-state index contributed by atoms with van der Waals surface area (Å²) in [6.07, 6.45) is 3.09. The van der Waals surface area contributed by atoms with Gasteiger partial charge in [0.25, 0.3) is 0 Å². The van der Waals surface area contributed by atoms with E-state index >= 15 is 0 Å². The Bertz CT molecular complexity index is 637. The molecule has 0 fully saturated rings. The number of nitrogen functional groups attached to an aromatic ring is 1. The molecule has 1 aromatic heterocycles. The van der Waals surface area contributed by atoms with Crippen LogP contribution < -0.4 is 5.73 Å². The van der Waals surface area contributed by atoms with E-state index in [1.54, 1.807) is 24.4 Å². The molecule has 2 rings (SSSR count). The summed E-state index contributed by atoms with van der Waals surface area (Å²) in [7, 11) is -3.57. The molecule has 0 aliphatic heterocycles. The highest BCUT2D eigenvalue weighted by atomic mass is 35.5. The first-order valence-corrected chi connectivity index (χ1v) is 7.19. The predicted molar refractivity (Wildman–Crippen MR) is 71.0 cm³/mol. The zero-order chi connectivity index (χ0) is 13.2. The number of sulfone groups is 1. The summed E-state index contributed by atoms with van der Waals surface area (Å²) >= 11 is 5.91. The van der Waals surface area contributed by atoms with E-state index in [0.717, 1.165) is 0 Å². The van der Waals surface area contributed by atoms with Gasteiger partial charge < -0.3 is 5.73 Å². The van der Waals surface area contributed by atoms with Gasteiger partial charge in [-0.2, -0.15) is 0 Å². The van der Waals surface area contributed by atoms with Crippen molar-refractivity contribution in [2.75, 3.05) is 5.73 Å². The van der Waals surface area contributed by atoms with Gasteiger partial charge in [0.15, 0.2) is 9.84 Å². The number of hydrogen-bond donors (Lipinski definition) is 1. The van der Waals surface area contributed by atoms with Crippen LogP contribution >= 0.6 is 11.6 Å². The van der Waals surface area contributed by atoms with Crippen LogP contribution in [0.25, 0.3) is 0 Å². The highest BCUT2D eigenvalue weighted by Crippen LogP contribution is 2.29. The van der Waals surface area contributed by atoms with Crippen molar-refractivity contribution in [1.82, 2.24) is 4.98 Å². The number of benzene rings is 1. The first-order chi connectivity index (χ1) is 8.50. The van der Waals surface area contributed by atoms with E-state index in [1.165, 1.54) is 18.3 Å². The van der Waals surface area contributed by atoms with Gasteiger partial charge in [0.2, 0.25) is 0 Å². The fourth-order valence-electron chi connectivity index (χ4n) is 1.63. The summed E-state index contributed by atoms with van der Waals surface area (Å²) in [5, 5.41) is 0.138. The lowest BCUT2D eigenvalue weighted by Gasteiger charge is -2.09. The maximum absolute atomic E-state index is 12.3. The third-order valence-corrected chi connectivity index (χ3v) is 4.61. The average molecular weight is 283 g/mol. The van der Waals surface area contributed by atoms with Crippen molar-refractivity contribution in [2.24, 2.45) is 0 Å². The van der Waals surface area contributed by atoms with Crippen molar-refractivity contribution in [1.29, 1.82) is 0 Å². The highest BCUT2D eigenvalue weighted by molar-refractivity contribution is 7.91. The van der Waals surface area contributed by atoms with Crippen LogP contribution in [0.4, 0.5) is 5.69 Å². The van der Waals surface area contributed by atoms with Crippen LogP contribution in [0, 0.1) is 0 Å². The fraction of sp³-hybridized carbons (Fsp3) is 0.0833. The molecular formula is C12H11ClN2O2S. The molecule has 0 saturated heterocycles. The molecule has 4 nitrogen and oxygen atoms in total. The van der Waals surface area contributed by atoms with Gasteiger partial charge in [-0.3, -0.25) is 4.98 Å². The Balaban J connectivity index is 2.44. The summed E-state index contributed by atoms with van der Waals surface area (Å²) in [6, 6.07) is 8.01. The average Bonchev–Trinajstić information content (AvgIpc) is 2.28. The van der Waals surface area contributed by atoms with Crippen LogP contribution in [-0.2, 0) is 15.6 Å². The number of pyridine rings is 1. The standard InChI is InChI=1S/C12H11ClN2O2S/c13-10-4-1-5-11(14)12(10)18(16,17)8-9-3-2-6-15-7-9/h1-7H,8,14H2. The molecule has 1 heterocycles. The van der Waals surface area contributed by atoms with Crippen molar-refractivity contribution >= 4 is 27.1 Å². The Morgan fingerprint density at radius 2 is 2.00 bits per heavy atom. The summed E-state index contributed by atoms with van der Waals surface area (Å²) in [6.45, 7) is 0. The molecule has 0 radical (unpaired) electrons. The van der Waals surface area contributed by atoms with Gasteiger partial charge in [0.05, 0.1) is 16.5 Å². The summed E-state index contributed by atoms with van der Waals surface area (Å²) < 4.78 is 24.5. The van der Waals surface area contributed by atoms with Gasteiger partial charge in [-0.05, 0) is 23.8 Å². The minimum atomic E-state index is -3.57. The molecule has 0 saturated carbocycles. The second-order valence-corrected chi connectivity index (χ2v) is 6.11. The highest BCUT2D eigenvalue weighted by Gasteiger charge is 2.21. The number of nitrogens with zero attached hydrogens (tertiary/aromatic N) is 1. The smallest absolute Gasteiger partial charge is 0.186 e. The summed E-state index contributed by atoms with van der Waals surface area (Å²) in [4.78, 5) is 3.86. The number of hydrogen-bond acceptors (Lipinski definition) is 4. The van der Waals surface area contributed by atoms with Crippen molar-refractivity contribution in [2.45, 2.75) is 10.6 Å². The fourth-order valence-corrected chi connectivity index (χ4v) is 3.71.